The molecule has 0 unspecified atom stereocenters. The van der Waals surface area contributed by atoms with Crippen molar-refractivity contribution in [3.05, 3.63) is 12.2 Å². The first-order valence-electron chi connectivity index (χ1n) is 8.74. The molecule has 0 heterocycles. The maximum atomic E-state index is 11.1. The number of rotatable bonds is 15. The van der Waals surface area contributed by atoms with E-state index in [4.69, 9.17) is 9.84 Å². The molecule has 0 amide bonds. The van der Waals surface area contributed by atoms with E-state index in [0.717, 1.165) is 25.0 Å². The number of hydrogen-bond acceptors (Lipinski definition) is 3. The summed E-state index contributed by atoms with van der Waals surface area (Å²) >= 11 is 0. The van der Waals surface area contributed by atoms with Crippen molar-refractivity contribution >= 4 is 49.7 Å². The van der Waals surface area contributed by atoms with Crippen molar-refractivity contribution in [2.24, 2.45) is 0 Å². The van der Waals surface area contributed by atoms with Crippen molar-refractivity contribution in [2.45, 2.75) is 84.0 Å². The van der Waals surface area contributed by atoms with E-state index in [1.54, 1.807) is 0 Å². The van der Waals surface area contributed by atoms with Gasteiger partial charge in [-0.15, -0.1) is 0 Å². The number of carbonyl (C=O) groups excluding carboxylic acids is 1. The average Bonchev–Trinajstić information content (AvgIpc) is 2.49. The fraction of sp³-hybridized carbons (Fsp3) is 0.778. The van der Waals surface area contributed by atoms with Gasteiger partial charge < -0.3 is 12.7 Å². The van der Waals surface area contributed by atoms with Gasteiger partial charge in [0.05, 0.1) is 6.61 Å². The molecule has 1 N–H and O–H groups in total. The Labute approximate surface area is 174 Å². The molecule has 132 valence electrons. The minimum Gasteiger partial charge on any atom is -1.00 e. The van der Waals surface area contributed by atoms with Crippen LogP contribution < -0.4 is 0 Å². The van der Waals surface area contributed by atoms with Crippen LogP contribution in [0.4, 0.5) is 0 Å². The minimum atomic E-state index is -1.14. The molecule has 23 heavy (non-hydrogen) atoms. The van der Waals surface area contributed by atoms with Crippen LogP contribution in [0.15, 0.2) is 12.2 Å². The summed E-state index contributed by atoms with van der Waals surface area (Å²) < 4.78 is 4.90. The molecule has 0 saturated heterocycles. The van der Waals surface area contributed by atoms with Crippen LogP contribution in [0.2, 0.25) is 0 Å². The minimum absolute atomic E-state index is 0. The van der Waals surface area contributed by atoms with Gasteiger partial charge in [-0.3, -0.25) is 0 Å². The quantitative estimate of drug-likeness (QED) is 0.200. The molecular weight excluding hydrogens is 320 g/mol. The van der Waals surface area contributed by atoms with Crippen LogP contribution in [0.25, 0.3) is 0 Å². The molecular formula is C18H34CaO4. The maximum Gasteiger partial charge on any atom is 2.00 e. The van der Waals surface area contributed by atoms with E-state index in [9.17, 15) is 9.59 Å². The van der Waals surface area contributed by atoms with Crippen molar-refractivity contribution in [3.63, 3.8) is 0 Å². The first-order valence-corrected chi connectivity index (χ1v) is 8.74. The van der Waals surface area contributed by atoms with E-state index in [1.165, 1.54) is 64.2 Å². The molecule has 0 bridgehead atoms. The standard InChI is InChI=1S/C18H32O4.Ca.2H/c1-2-3-4-5-6-7-8-9-10-11-12-13-16-22-18(21)15-14-17(19)20;;;/h14-15H,2-13,16H2,1H3,(H,19,20);;;/q;+2;2*-1/b15-14-;;;. The van der Waals surface area contributed by atoms with Crippen LogP contribution in [-0.4, -0.2) is 61.4 Å². The molecule has 0 saturated carbocycles. The Bertz CT molecular complexity index is 326. The number of carbonyl (C=O) groups is 2. The number of esters is 1. The number of carboxylic acids is 1. The number of aliphatic carboxylic acids is 1. The summed E-state index contributed by atoms with van der Waals surface area (Å²) in [6.45, 7) is 2.62. The molecule has 0 aromatic carbocycles. The Morgan fingerprint density at radius 1 is 0.826 bits per heavy atom. The van der Waals surface area contributed by atoms with Gasteiger partial charge in [0.1, 0.15) is 0 Å². The zero-order valence-corrected chi connectivity index (χ0v) is 16.9. The smallest absolute Gasteiger partial charge is 1.00 e. The van der Waals surface area contributed by atoms with Crippen LogP contribution >= 0.6 is 0 Å². The predicted octanol–water partition coefficient (Wildman–Crippen LogP) is 4.72. The number of unbranched alkanes of at least 4 members (excludes halogenated alkanes) is 11. The molecule has 0 aliphatic carbocycles. The van der Waals surface area contributed by atoms with Gasteiger partial charge in [0.25, 0.3) is 0 Å². The van der Waals surface area contributed by atoms with Crippen LogP contribution in [0.3, 0.4) is 0 Å². The number of carboxylic acid groups (broad SMARTS) is 1. The molecule has 0 radical (unpaired) electrons. The van der Waals surface area contributed by atoms with E-state index in [1.807, 2.05) is 0 Å². The van der Waals surface area contributed by atoms with Crippen molar-refractivity contribution in [1.29, 1.82) is 0 Å². The largest absolute Gasteiger partial charge is 2.00 e. The second-order valence-corrected chi connectivity index (χ2v) is 5.73. The summed E-state index contributed by atoms with van der Waals surface area (Å²) in [5, 5.41) is 8.35. The molecule has 0 spiro atoms. The van der Waals surface area contributed by atoms with E-state index >= 15 is 0 Å². The van der Waals surface area contributed by atoms with Gasteiger partial charge in [-0.2, -0.15) is 0 Å². The second kappa shape index (κ2) is 20.0. The molecule has 0 aromatic rings. The topological polar surface area (TPSA) is 63.6 Å². The monoisotopic (exact) mass is 354 g/mol. The first kappa shape index (κ1) is 25.2. The van der Waals surface area contributed by atoms with Gasteiger partial charge in [-0.25, -0.2) is 9.59 Å². The van der Waals surface area contributed by atoms with E-state index < -0.39 is 11.9 Å². The Kier molecular flexibility index (Phi) is 21.9. The molecule has 0 fully saturated rings. The van der Waals surface area contributed by atoms with Crippen molar-refractivity contribution < 1.29 is 22.3 Å². The van der Waals surface area contributed by atoms with Gasteiger partial charge in [0, 0.05) is 12.2 Å². The zero-order valence-electron chi connectivity index (χ0n) is 16.7. The molecule has 0 aliphatic rings. The van der Waals surface area contributed by atoms with Crippen molar-refractivity contribution in [2.75, 3.05) is 6.61 Å². The molecule has 5 heteroatoms. The van der Waals surface area contributed by atoms with Gasteiger partial charge in [-0.05, 0) is 6.42 Å². The van der Waals surface area contributed by atoms with Gasteiger partial charge >= 0.3 is 49.7 Å². The third-order valence-electron chi connectivity index (χ3n) is 3.60. The molecule has 0 atom stereocenters. The normalized spacial score (nSPS) is 10.5. The summed E-state index contributed by atoms with van der Waals surface area (Å²) in [4.78, 5) is 21.3. The molecule has 4 nitrogen and oxygen atoms in total. The molecule has 0 rings (SSSR count). The van der Waals surface area contributed by atoms with Crippen molar-refractivity contribution in [3.8, 4) is 0 Å². The summed E-state index contributed by atoms with van der Waals surface area (Å²) in [7, 11) is 0. The van der Waals surface area contributed by atoms with Gasteiger partial charge in [0.2, 0.25) is 0 Å². The van der Waals surface area contributed by atoms with Crippen LogP contribution in [0, 0.1) is 0 Å². The Morgan fingerprint density at radius 3 is 1.70 bits per heavy atom. The van der Waals surface area contributed by atoms with Crippen molar-refractivity contribution in [1.82, 2.24) is 0 Å². The third-order valence-corrected chi connectivity index (χ3v) is 3.60. The fourth-order valence-corrected chi connectivity index (χ4v) is 2.30. The van der Waals surface area contributed by atoms with Gasteiger partial charge in [0.15, 0.2) is 0 Å². The zero-order chi connectivity index (χ0) is 16.5. The molecule has 0 aromatic heterocycles. The van der Waals surface area contributed by atoms with E-state index in [2.05, 4.69) is 6.92 Å². The summed E-state index contributed by atoms with van der Waals surface area (Å²) in [6, 6.07) is 0. The Balaban J connectivity index is -0.000000735. The fourth-order valence-electron chi connectivity index (χ4n) is 2.30. The predicted molar refractivity (Wildman–Crippen MR) is 96.8 cm³/mol. The number of ether oxygens (including phenoxy) is 1. The van der Waals surface area contributed by atoms with E-state index in [0.29, 0.717) is 6.61 Å². The Morgan fingerprint density at radius 2 is 1.26 bits per heavy atom. The summed E-state index contributed by atoms with van der Waals surface area (Å²) in [6.07, 6.45) is 16.9. The van der Waals surface area contributed by atoms with Crippen LogP contribution in [-0.2, 0) is 14.3 Å². The average molecular weight is 355 g/mol. The number of hydrogen-bond donors (Lipinski definition) is 1. The SMILES string of the molecule is CCCCCCCCCCCCCCOC(=O)/C=C\C(=O)O.[Ca+2].[H-].[H-]. The van der Waals surface area contributed by atoms with Gasteiger partial charge in [-0.1, -0.05) is 77.6 Å². The van der Waals surface area contributed by atoms with Crippen LogP contribution in [0.5, 0.6) is 0 Å². The third kappa shape index (κ3) is 21.9. The molecule has 0 aliphatic heterocycles. The maximum absolute atomic E-state index is 11.1. The first-order chi connectivity index (χ1) is 10.7. The van der Waals surface area contributed by atoms with E-state index in [-0.39, 0.29) is 40.6 Å². The Hall–Kier alpha value is -0.0603. The summed E-state index contributed by atoms with van der Waals surface area (Å²) in [5.41, 5.74) is 0. The second-order valence-electron chi connectivity index (χ2n) is 5.73. The van der Waals surface area contributed by atoms with Crippen LogP contribution in [0.1, 0.15) is 86.8 Å². The summed E-state index contributed by atoms with van der Waals surface area (Å²) in [5.74, 6) is -1.72.